The Morgan fingerprint density at radius 1 is 1.25 bits per heavy atom. The van der Waals surface area contributed by atoms with E-state index in [0.29, 0.717) is 34.8 Å². The van der Waals surface area contributed by atoms with Gasteiger partial charge >= 0.3 is 0 Å². The van der Waals surface area contributed by atoms with Gasteiger partial charge in [-0.25, -0.2) is 0 Å². The first-order valence-electron chi connectivity index (χ1n) is 6.90. The quantitative estimate of drug-likeness (QED) is 0.743. The number of hydrogen-bond donors (Lipinski definition) is 1. The Morgan fingerprint density at radius 3 is 2.60 bits per heavy atom. The van der Waals surface area contributed by atoms with Crippen molar-refractivity contribution in [2.75, 3.05) is 12.4 Å². The van der Waals surface area contributed by atoms with Gasteiger partial charge < -0.3 is 5.32 Å². The lowest BCUT2D eigenvalue weighted by atomic mass is 9.80. The summed E-state index contributed by atoms with van der Waals surface area (Å²) in [7, 11) is 0. The second-order valence-electron chi connectivity index (χ2n) is 5.33. The van der Waals surface area contributed by atoms with Crippen LogP contribution in [0.25, 0.3) is 0 Å². The predicted octanol–water partition coefficient (Wildman–Crippen LogP) is 4.88. The molecular weight excluding hydrogens is 361 g/mol. The normalized spacial score (nSPS) is 22.6. The van der Waals surface area contributed by atoms with E-state index in [4.69, 9.17) is 23.2 Å². The van der Waals surface area contributed by atoms with Crippen LogP contribution in [0.1, 0.15) is 36.0 Å². The highest BCUT2D eigenvalue weighted by Gasteiger charge is 2.24. The Morgan fingerprint density at radius 2 is 1.95 bits per heavy atom. The zero-order valence-electron chi connectivity index (χ0n) is 11.2. The summed E-state index contributed by atoms with van der Waals surface area (Å²) in [6.45, 7) is 0.695. The Kier molecular flexibility index (Phi) is 6.19. The van der Waals surface area contributed by atoms with Crippen LogP contribution in [-0.4, -0.2) is 18.3 Å². The molecule has 0 aromatic heterocycles. The van der Waals surface area contributed by atoms with E-state index in [1.807, 2.05) is 0 Å². The van der Waals surface area contributed by atoms with E-state index >= 15 is 0 Å². The molecule has 1 aliphatic carbocycles. The molecule has 0 saturated heterocycles. The van der Waals surface area contributed by atoms with Crippen LogP contribution in [0.4, 0.5) is 0 Å². The number of alkyl halides is 1. The summed E-state index contributed by atoms with van der Waals surface area (Å²) in [6.07, 6.45) is 4.81. The zero-order valence-corrected chi connectivity index (χ0v) is 14.3. The maximum atomic E-state index is 12.2. The van der Waals surface area contributed by atoms with Gasteiger partial charge in [0, 0.05) is 27.5 Å². The van der Waals surface area contributed by atoms with Crippen LogP contribution in [-0.2, 0) is 0 Å². The molecule has 0 spiro atoms. The molecule has 1 aliphatic rings. The van der Waals surface area contributed by atoms with Crippen molar-refractivity contribution in [3.8, 4) is 0 Å². The van der Waals surface area contributed by atoms with Gasteiger partial charge in [0.1, 0.15) is 0 Å². The second-order valence-corrected chi connectivity index (χ2v) is 6.99. The van der Waals surface area contributed by atoms with Gasteiger partial charge in [-0.05, 0) is 42.9 Å². The van der Waals surface area contributed by atoms with Gasteiger partial charge in [-0.1, -0.05) is 40.4 Å². The molecule has 0 aliphatic heterocycles. The van der Waals surface area contributed by atoms with Gasteiger partial charge in [-0.3, -0.25) is 4.79 Å². The molecule has 2 unspecified atom stereocenters. The average molecular weight is 379 g/mol. The maximum absolute atomic E-state index is 12.2. The molecule has 1 aromatic carbocycles. The highest BCUT2D eigenvalue weighted by atomic mass is 79.9. The predicted molar refractivity (Wildman–Crippen MR) is 87.7 cm³/mol. The number of halogens is 3. The third-order valence-corrected chi connectivity index (χ3v) is 4.99. The largest absolute Gasteiger partial charge is 0.352 e. The highest BCUT2D eigenvalue weighted by Crippen LogP contribution is 2.30. The van der Waals surface area contributed by atoms with Crippen molar-refractivity contribution in [2.24, 2.45) is 11.8 Å². The molecule has 1 N–H and O–H groups in total. The third-order valence-electron chi connectivity index (χ3n) is 3.91. The minimum absolute atomic E-state index is 0.0768. The topological polar surface area (TPSA) is 29.1 Å². The molecule has 2 atom stereocenters. The van der Waals surface area contributed by atoms with Gasteiger partial charge in [0.15, 0.2) is 0 Å². The fourth-order valence-corrected chi connectivity index (χ4v) is 4.03. The summed E-state index contributed by atoms with van der Waals surface area (Å²) in [5.74, 6) is 1.63. The second kappa shape index (κ2) is 7.67. The van der Waals surface area contributed by atoms with E-state index in [9.17, 15) is 4.79 Å². The Bertz CT molecular complexity index is 461. The van der Waals surface area contributed by atoms with Crippen LogP contribution >= 0.6 is 39.1 Å². The van der Waals surface area contributed by atoms with Gasteiger partial charge in [-0.2, -0.15) is 0 Å². The first kappa shape index (κ1) is 16.1. The number of rotatable bonds is 4. The molecule has 5 heteroatoms. The Balaban J connectivity index is 1.94. The van der Waals surface area contributed by atoms with Crippen LogP contribution in [0.5, 0.6) is 0 Å². The third kappa shape index (κ3) is 4.37. The van der Waals surface area contributed by atoms with Gasteiger partial charge in [0.05, 0.1) is 0 Å². The van der Waals surface area contributed by atoms with Crippen LogP contribution < -0.4 is 5.32 Å². The molecule has 0 bridgehead atoms. The minimum Gasteiger partial charge on any atom is -0.352 e. The Hall–Kier alpha value is -0.250. The first-order valence-corrected chi connectivity index (χ1v) is 8.61. The van der Waals surface area contributed by atoms with Crippen molar-refractivity contribution >= 4 is 45.0 Å². The number of carbonyl (C=O) groups is 1. The van der Waals surface area contributed by atoms with Gasteiger partial charge in [0.2, 0.25) is 0 Å². The summed E-state index contributed by atoms with van der Waals surface area (Å²) in [5, 5.41) is 3.57. The van der Waals surface area contributed by atoms with E-state index in [-0.39, 0.29) is 5.91 Å². The Labute approximate surface area is 138 Å². The first-order chi connectivity index (χ1) is 9.60. The number of nitrogens with one attached hydrogen (secondary N) is 1. The molecular formula is C15H18BrCl2NO. The molecule has 0 radical (unpaired) electrons. The van der Waals surface area contributed by atoms with E-state index in [2.05, 4.69) is 21.2 Å². The van der Waals surface area contributed by atoms with Crippen molar-refractivity contribution < 1.29 is 4.79 Å². The monoisotopic (exact) mass is 377 g/mol. The van der Waals surface area contributed by atoms with E-state index in [1.54, 1.807) is 18.2 Å². The molecule has 1 saturated carbocycles. The lowest BCUT2D eigenvalue weighted by Crippen LogP contribution is -2.34. The van der Waals surface area contributed by atoms with Crippen LogP contribution in [0, 0.1) is 11.8 Å². The highest BCUT2D eigenvalue weighted by molar-refractivity contribution is 9.10. The van der Waals surface area contributed by atoms with E-state index in [0.717, 1.165) is 10.9 Å². The summed E-state index contributed by atoms with van der Waals surface area (Å²) in [5.41, 5.74) is 0.586. The van der Waals surface area contributed by atoms with Crippen LogP contribution in [0.2, 0.25) is 5.02 Å². The number of benzene rings is 1. The molecule has 20 heavy (non-hydrogen) atoms. The van der Waals surface area contributed by atoms with Crippen molar-refractivity contribution in [3.05, 3.63) is 33.3 Å². The average Bonchev–Trinajstić information content (AvgIpc) is 2.44. The summed E-state index contributed by atoms with van der Waals surface area (Å²) < 4.78 is 0.812. The maximum Gasteiger partial charge on any atom is 0.251 e. The standard InChI is InChI=1S/C15H18BrCl2NO/c16-13-5-12(6-14(18)7-13)15(20)19-9-11-4-2-1-3-10(11)8-17/h5-7,10-11H,1-4,8-9H2,(H,19,20). The summed E-state index contributed by atoms with van der Waals surface area (Å²) >= 11 is 15.3. The van der Waals surface area contributed by atoms with Crippen LogP contribution in [0.15, 0.2) is 22.7 Å². The lowest BCUT2D eigenvalue weighted by molar-refractivity contribution is 0.0936. The van der Waals surface area contributed by atoms with Gasteiger partial charge in [0.25, 0.3) is 5.91 Å². The molecule has 2 nitrogen and oxygen atoms in total. The number of amides is 1. The van der Waals surface area contributed by atoms with E-state index < -0.39 is 0 Å². The fraction of sp³-hybridized carbons (Fsp3) is 0.533. The number of carbonyl (C=O) groups excluding carboxylic acids is 1. The summed E-state index contributed by atoms with van der Waals surface area (Å²) in [4.78, 5) is 12.2. The SMILES string of the molecule is O=C(NCC1CCCCC1CCl)c1cc(Cl)cc(Br)c1. The molecule has 1 amide bonds. The van der Waals surface area contributed by atoms with Crippen molar-refractivity contribution in [2.45, 2.75) is 25.7 Å². The zero-order chi connectivity index (χ0) is 14.5. The lowest BCUT2D eigenvalue weighted by Gasteiger charge is -2.30. The molecule has 0 heterocycles. The van der Waals surface area contributed by atoms with Crippen LogP contribution in [0.3, 0.4) is 0 Å². The molecule has 110 valence electrons. The smallest absolute Gasteiger partial charge is 0.251 e. The summed E-state index contributed by atoms with van der Waals surface area (Å²) in [6, 6.07) is 5.23. The van der Waals surface area contributed by atoms with Crippen molar-refractivity contribution in [3.63, 3.8) is 0 Å². The van der Waals surface area contributed by atoms with E-state index in [1.165, 1.54) is 19.3 Å². The minimum atomic E-state index is -0.0768. The molecule has 1 fully saturated rings. The number of hydrogen-bond acceptors (Lipinski definition) is 1. The van der Waals surface area contributed by atoms with Crippen molar-refractivity contribution in [1.82, 2.24) is 5.32 Å². The van der Waals surface area contributed by atoms with Crippen molar-refractivity contribution in [1.29, 1.82) is 0 Å². The van der Waals surface area contributed by atoms with Gasteiger partial charge in [-0.15, -0.1) is 11.6 Å². The molecule has 2 rings (SSSR count). The fourth-order valence-electron chi connectivity index (χ4n) is 2.77. The molecule has 1 aromatic rings.